The van der Waals surface area contributed by atoms with Gasteiger partial charge in [0.1, 0.15) is 17.6 Å². The summed E-state index contributed by atoms with van der Waals surface area (Å²) in [5.41, 5.74) is 0.624. The van der Waals surface area contributed by atoms with Crippen LogP contribution in [0.5, 0.6) is 0 Å². The van der Waals surface area contributed by atoms with Gasteiger partial charge in [-0.15, -0.1) is 5.10 Å². The first-order valence-corrected chi connectivity index (χ1v) is 5.38. The lowest BCUT2D eigenvalue weighted by atomic mass is 10.1. The van der Waals surface area contributed by atoms with Gasteiger partial charge in [-0.3, -0.25) is 0 Å². The lowest BCUT2D eigenvalue weighted by Gasteiger charge is -2.11. The Morgan fingerprint density at radius 2 is 2.12 bits per heavy atom. The smallest absolute Gasteiger partial charge is 0.154 e. The lowest BCUT2D eigenvalue weighted by Crippen LogP contribution is -2.08. The van der Waals surface area contributed by atoms with Gasteiger partial charge in [0.15, 0.2) is 4.60 Å². The molecule has 1 atom stereocenters. The summed E-state index contributed by atoms with van der Waals surface area (Å²) in [7, 11) is 1.64. The minimum absolute atomic E-state index is 0.202. The number of hydrogen-bond acceptors (Lipinski definition) is 3. The van der Waals surface area contributed by atoms with Crippen LogP contribution in [0.15, 0.2) is 28.9 Å². The molecule has 1 aromatic carbocycles. The van der Waals surface area contributed by atoms with Gasteiger partial charge in [-0.1, -0.05) is 23.4 Å². The fourth-order valence-electron chi connectivity index (χ4n) is 1.47. The third-order valence-corrected chi connectivity index (χ3v) is 2.85. The molecule has 6 heteroatoms. The van der Waals surface area contributed by atoms with E-state index in [-0.39, 0.29) is 5.56 Å². The maximum absolute atomic E-state index is 13.5. The van der Waals surface area contributed by atoms with Crippen LogP contribution in [0.25, 0.3) is 0 Å². The minimum atomic E-state index is -1.09. The van der Waals surface area contributed by atoms with E-state index in [1.165, 1.54) is 16.8 Å². The van der Waals surface area contributed by atoms with Crippen molar-refractivity contribution in [3.05, 3.63) is 45.9 Å². The third-order valence-electron chi connectivity index (χ3n) is 2.29. The summed E-state index contributed by atoms with van der Waals surface area (Å²) in [6, 6.07) is 6.07. The predicted octanol–water partition coefficient (Wildman–Crippen LogP) is 1.80. The number of aliphatic hydroxyl groups excluding tert-OH is 1. The molecule has 16 heavy (non-hydrogen) atoms. The van der Waals surface area contributed by atoms with Gasteiger partial charge in [-0.05, 0) is 22.0 Å². The maximum Gasteiger partial charge on any atom is 0.154 e. The summed E-state index contributed by atoms with van der Waals surface area (Å²) in [5, 5.41) is 17.5. The van der Waals surface area contributed by atoms with E-state index >= 15 is 0 Å². The molecule has 0 aliphatic rings. The highest BCUT2D eigenvalue weighted by atomic mass is 79.9. The molecule has 0 fully saturated rings. The maximum atomic E-state index is 13.5. The Kier molecular flexibility index (Phi) is 3.02. The average molecular weight is 286 g/mol. The summed E-state index contributed by atoms with van der Waals surface area (Å²) in [4.78, 5) is 0. The van der Waals surface area contributed by atoms with Crippen molar-refractivity contribution in [3.63, 3.8) is 0 Å². The molecule has 84 valence electrons. The molecule has 0 saturated heterocycles. The molecule has 0 aliphatic heterocycles. The Morgan fingerprint density at radius 3 is 2.69 bits per heavy atom. The van der Waals surface area contributed by atoms with Crippen LogP contribution in [-0.4, -0.2) is 20.1 Å². The summed E-state index contributed by atoms with van der Waals surface area (Å²) in [5.74, 6) is -0.455. The van der Waals surface area contributed by atoms with Gasteiger partial charge in [0.25, 0.3) is 0 Å². The van der Waals surface area contributed by atoms with Crippen LogP contribution in [0.1, 0.15) is 17.4 Å². The molecule has 4 nitrogen and oxygen atoms in total. The Morgan fingerprint density at radius 1 is 1.44 bits per heavy atom. The molecule has 2 rings (SSSR count). The molecule has 1 aromatic heterocycles. The van der Waals surface area contributed by atoms with Crippen molar-refractivity contribution in [1.82, 2.24) is 15.0 Å². The Labute approximate surface area is 99.8 Å². The van der Waals surface area contributed by atoms with Crippen molar-refractivity contribution in [1.29, 1.82) is 0 Å². The third kappa shape index (κ3) is 1.85. The number of halogens is 2. The van der Waals surface area contributed by atoms with Crippen LogP contribution < -0.4 is 0 Å². The van der Waals surface area contributed by atoms with E-state index < -0.39 is 11.9 Å². The van der Waals surface area contributed by atoms with E-state index in [2.05, 4.69) is 26.2 Å². The van der Waals surface area contributed by atoms with E-state index in [1.54, 1.807) is 19.2 Å². The number of aromatic nitrogens is 3. The van der Waals surface area contributed by atoms with Gasteiger partial charge in [0.05, 0.1) is 0 Å². The molecule has 1 heterocycles. The SMILES string of the molecule is Cn1nnc(Br)c1C(O)c1ccccc1F. The van der Waals surface area contributed by atoms with Gasteiger partial charge in [-0.2, -0.15) is 0 Å². The molecule has 0 saturated carbocycles. The zero-order valence-corrected chi connectivity index (χ0v) is 10.0. The van der Waals surface area contributed by atoms with Crippen LogP contribution in [-0.2, 0) is 7.05 Å². The van der Waals surface area contributed by atoms with E-state index in [0.29, 0.717) is 10.3 Å². The van der Waals surface area contributed by atoms with Gasteiger partial charge < -0.3 is 5.11 Å². The van der Waals surface area contributed by atoms with Crippen LogP contribution in [0.3, 0.4) is 0 Å². The first-order chi connectivity index (χ1) is 7.61. The Balaban J connectivity index is 2.47. The van der Waals surface area contributed by atoms with Crippen molar-refractivity contribution in [2.45, 2.75) is 6.10 Å². The Hall–Kier alpha value is -1.27. The van der Waals surface area contributed by atoms with Crippen molar-refractivity contribution in [2.75, 3.05) is 0 Å². The highest BCUT2D eigenvalue weighted by Crippen LogP contribution is 2.27. The highest BCUT2D eigenvalue weighted by Gasteiger charge is 2.21. The zero-order chi connectivity index (χ0) is 11.7. The molecule has 0 spiro atoms. The highest BCUT2D eigenvalue weighted by molar-refractivity contribution is 9.10. The predicted molar refractivity (Wildman–Crippen MR) is 59.2 cm³/mol. The number of rotatable bonds is 2. The molecular weight excluding hydrogens is 277 g/mol. The van der Waals surface area contributed by atoms with E-state index in [4.69, 9.17) is 0 Å². The molecule has 2 aromatic rings. The molecule has 1 N–H and O–H groups in total. The first kappa shape index (κ1) is 11.2. The summed E-state index contributed by atoms with van der Waals surface area (Å²) in [6.45, 7) is 0. The first-order valence-electron chi connectivity index (χ1n) is 4.59. The van der Waals surface area contributed by atoms with Gasteiger partial charge in [-0.25, -0.2) is 9.07 Å². The monoisotopic (exact) mass is 285 g/mol. The van der Waals surface area contributed by atoms with Crippen molar-refractivity contribution >= 4 is 15.9 Å². The fourth-order valence-corrected chi connectivity index (χ4v) is 2.02. The molecule has 0 amide bonds. The largest absolute Gasteiger partial charge is 0.382 e. The van der Waals surface area contributed by atoms with Crippen molar-refractivity contribution < 1.29 is 9.50 Å². The molecular formula is C10H9BrFN3O. The average Bonchev–Trinajstić information content (AvgIpc) is 2.58. The second-order valence-corrected chi connectivity index (χ2v) is 4.06. The summed E-state index contributed by atoms with van der Waals surface area (Å²) >= 11 is 3.16. The molecule has 0 aliphatic carbocycles. The second-order valence-electron chi connectivity index (χ2n) is 3.31. The van der Waals surface area contributed by atoms with E-state index in [9.17, 15) is 9.50 Å². The van der Waals surface area contributed by atoms with Crippen LogP contribution in [0, 0.1) is 5.82 Å². The van der Waals surface area contributed by atoms with Crippen LogP contribution in [0.2, 0.25) is 0 Å². The van der Waals surface area contributed by atoms with Crippen molar-refractivity contribution in [2.24, 2.45) is 7.05 Å². The zero-order valence-electron chi connectivity index (χ0n) is 8.43. The topological polar surface area (TPSA) is 50.9 Å². The summed E-state index contributed by atoms with van der Waals surface area (Å²) < 4.78 is 15.3. The van der Waals surface area contributed by atoms with Gasteiger partial charge >= 0.3 is 0 Å². The van der Waals surface area contributed by atoms with E-state index in [0.717, 1.165) is 0 Å². The summed E-state index contributed by atoms with van der Waals surface area (Å²) in [6.07, 6.45) is -1.09. The molecule has 0 radical (unpaired) electrons. The number of hydrogen-bond donors (Lipinski definition) is 1. The van der Waals surface area contributed by atoms with E-state index in [1.807, 2.05) is 0 Å². The number of aliphatic hydroxyl groups is 1. The second kappa shape index (κ2) is 4.31. The van der Waals surface area contributed by atoms with Crippen LogP contribution in [0.4, 0.5) is 4.39 Å². The fraction of sp³-hybridized carbons (Fsp3) is 0.200. The molecule has 0 bridgehead atoms. The van der Waals surface area contributed by atoms with Crippen molar-refractivity contribution in [3.8, 4) is 0 Å². The lowest BCUT2D eigenvalue weighted by molar-refractivity contribution is 0.204. The van der Waals surface area contributed by atoms with Gasteiger partial charge in [0, 0.05) is 12.6 Å². The normalized spacial score (nSPS) is 12.8. The number of benzene rings is 1. The number of aryl methyl sites for hydroxylation is 1. The molecule has 1 unspecified atom stereocenters. The Bertz CT molecular complexity index is 495. The quantitative estimate of drug-likeness (QED) is 0.915. The van der Waals surface area contributed by atoms with Gasteiger partial charge in [0.2, 0.25) is 0 Å². The standard InChI is InChI=1S/C10H9BrFN3O/c1-15-8(10(11)13-14-15)9(16)6-4-2-3-5-7(6)12/h2-5,9,16H,1H3. The van der Waals surface area contributed by atoms with Crippen LogP contribution >= 0.6 is 15.9 Å². The minimum Gasteiger partial charge on any atom is -0.382 e. The number of nitrogens with zero attached hydrogens (tertiary/aromatic N) is 3.